The summed E-state index contributed by atoms with van der Waals surface area (Å²) in [5, 5.41) is 13.7. The maximum atomic E-state index is 10.4. The van der Waals surface area contributed by atoms with Crippen LogP contribution < -0.4 is 5.32 Å². The zero-order valence-corrected chi connectivity index (χ0v) is 12.6. The number of aromatic nitrogens is 2. The van der Waals surface area contributed by atoms with Crippen molar-refractivity contribution in [3.8, 4) is 0 Å². The number of likely N-dealkylation sites (N-methyl/N-ethyl adjacent to an activating group) is 1. The summed E-state index contributed by atoms with van der Waals surface area (Å²) in [4.78, 5) is 6.59. The van der Waals surface area contributed by atoms with Crippen LogP contribution in [0.1, 0.15) is 18.5 Å². The van der Waals surface area contributed by atoms with Crippen LogP contribution in [0.2, 0.25) is 0 Å². The van der Waals surface area contributed by atoms with Crippen LogP contribution in [0, 0.1) is 5.92 Å². The normalized spacial score (nSPS) is 18.4. The van der Waals surface area contributed by atoms with Crippen molar-refractivity contribution in [3.05, 3.63) is 36.3 Å². The molecule has 5 nitrogen and oxygen atoms in total. The highest BCUT2D eigenvalue weighted by molar-refractivity contribution is 5.39. The number of nitrogens with one attached hydrogen (secondary N) is 1. The van der Waals surface area contributed by atoms with E-state index in [9.17, 15) is 5.11 Å². The molecule has 114 valence electrons. The Kier molecular flexibility index (Phi) is 4.53. The molecule has 0 bridgehead atoms. The van der Waals surface area contributed by atoms with E-state index in [1.54, 1.807) is 0 Å². The molecule has 1 atom stereocenters. The largest absolute Gasteiger partial charge is 0.392 e. The van der Waals surface area contributed by atoms with E-state index in [-0.39, 0.29) is 6.10 Å². The monoisotopic (exact) mass is 288 g/mol. The molecule has 3 rings (SSSR count). The Morgan fingerprint density at radius 3 is 3.05 bits per heavy atom. The third kappa shape index (κ3) is 3.43. The van der Waals surface area contributed by atoms with Gasteiger partial charge in [0.2, 0.25) is 0 Å². The summed E-state index contributed by atoms with van der Waals surface area (Å²) < 4.78 is 2.10. The van der Waals surface area contributed by atoms with Gasteiger partial charge in [0, 0.05) is 19.3 Å². The number of piperidine rings is 1. The number of aliphatic hydroxyl groups excluding tert-OH is 1. The molecule has 0 spiro atoms. The Bertz CT molecular complexity index is 576. The zero-order valence-electron chi connectivity index (χ0n) is 12.6. The summed E-state index contributed by atoms with van der Waals surface area (Å²) in [6, 6.07) is 6.02. The van der Waals surface area contributed by atoms with Gasteiger partial charge in [0.25, 0.3) is 0 Å². The van der Waals surface area contributed by atoms with Crippen LogP contribution in [0.15, 0.2) is 30.6 Å². The van der Waals surface area contributed by atoms with Gasteiger partial charge in [-0.1, -0.05) is 6.07 Å². The average molecular weight is 288 g/mol. The first-order chi connectivity index (χ1) is 10.2. The maximum absolute atomic E-state index is 10.4. The van der Waals surface area contributed by atoms with E-state index in [0.717, 1.165) is 43.8 Å². The van der Waals surface area contributed by atoms with Crippen LogP contribution in [0.25, 0.3) is 5.65 Å². The van der Waals surface area contributed by atoms with Crippen LogP contribution in [-0.2, 0) is 6.54 Å². The molecule has 1 aliphatic heterocycles. The molecule has 21 heavy (non-hydrogen) atoms. The second-order valence-electron chi connectivity index (χ2n) is 6.03. The molecule has 5 heteroatoms. The molecular weight excluding hydrogens is 264 g/mol. The minimum Gasteiger partial charge on any atom is -0.392 e. The van der Waals surface area contributed by atoms with Crippen LogP contribution >= 0.6 is 0 Å². The molecule has 1 aliphatic rings. The van der Waals surface area contributed by atoms with E-state index in [2.05, 4.69) is 26.6 Å². The summed E-state index contributed by atoms with van der Waals surface area (Å²) in [5.41, 5.74) is 2.13. The second-order valence-corrected chi connectivity index (χ2v) is 6.03. The number of rotatable bonds is 5. The van der Waals surface area contributed by atoms with E-state index in [1.165, 1.54) is 0 Å². The fourth-order valence-corrected chi connectivity index (χ4v) is 3.14. The van der Waals surface area contributed by atoms with Gasteiger partial charge in [-0.25, -0.2) is 4.98 Å². The lowest BCUT2D eigenvalue weighted by Crippen LogP contribution is -2.39. The Morgan fingerprint density at radius 2 is 2.24 bits per heavy atom. The van der Waals surface area contributed by atoms with Gasteiger partial charge in [-0.3, -0.25) is 4.90 Å². The fraction of sp³-hybridized carbons (Fsp3) is 0.562. The maximum Gasteiger partial charge on any atom is 0.136 e. The van der Waals surface area contributed by atoms with Gasteiger partial charge < -0.3 is 14.8 Å². The number of hydrogen-bond acceptors (Lipinski definition) is 4. The molecule has 2 N–H and O–H groups in total. The van der Waals surface area contributed by atoms with E-state index in [4.69, 9.17) is 0 Å². The highest BCUT2D eigenvalue weighted by Gasteiger charge is 2.22. The molecule has 0 aromatic carbocycles. The standard InChI is InChI=1S/C16H24N4O/c1-19(12-15(21)13-5-7-17-8-6-13)11-14-10-18-16-4-2-3-9-20(14)16/h2-4,9-10,13,15,17,21H,5-8,11-12H2,1H3. The lowest BCUT2D eigenvalue weighted by molar-refractivity contribution is 0.0558. The first-order valence-electron chi connectivity index (χ1n) is 7.72. The molecule has 1 saturated heterocycles. The fourth-order valence-electron chi connectivity index (χ4n) is 3.14. The number of pyridine rings is 1. The SMILES string of the molecule is CN(Cc1cnc2ccccn12)CC(O)C1CCNCC1. The van der Waals surface area contributed by atoms with E-state index in [0.29, 0.717) is 12.5 Å². The Morgan fingerprint density at radius 1 is 1.43 bits per heavy atom. The first-order valence-corrected chi connectivity index (χ1v) is 7.72. The third-order valence-corrected chi connectivity index (χ3v) is 4.35. The Hall–Kier alpha value is -1.43. The number of nitrogens with zero attached hydrogens (tertiary/aromatic N) is 3. The van der Waals surface area contributed by atoms with Gasteiger partial charge in [-0.2, -0.15) is 0 Å². The van der Waals surface area contributed by atoms with Gasteiger partial charge in [0.05, 0.1) is 18.0 Å². The molecule has 3 heterocycles. The highest BCUT2D eigenvalue weighted by atomic mass is 16.3. The third-order valence-electron chi connectivity index (χ3n) is 4.35. The summed E-state index contributed by atoms with van der Waals surface area (Å²) in [5.74, 6) is 0.427. The van der Waals surface area contributed by atoms with Crippen molar-refractivity contribution in [2.24, 2.45) is 5.92 Å². The first kappa shape index (κ1) is 14.5. The molecule has 1 unspecified atom stereocenters. The van der Waals surface area contributed by atoms with Crippen LogP contribution in [0.4, 0.5) is 0 Å². The lowest BCUT2D eigenvalue weighted by atomic mass is 9.92. The van der Waals surface area contributed by atoms with Crippen molar-refractivity contribution >= 4 is 5.65 Å². The van der Waals surface area contributed by atoms with Gasteiger partial charge in [-0.05, 0) is 51.0 Å². The number of imidazole rings is 1. The van der Waals surface area contributed by atoms with Gasteiger partial charge in [0.15, 0.2) is 0 Å². The van der Waals surface area contributed by atoms with Crippen molar-refractivity contribution in [3.63, 3.8) is 0 Å². The smallest absolute Gasteiger partial charge is 0.136 e. The predicted molar refractivity (Wildman–Crippen MR) is 83.1 cm³/mol. The van der Waals surface area contributed by atoms with E-state index < -0.39 is 0 Å². The lowest BCUT2D eigenvalue weighted by Gasteiger charge is -2.30. The molecule has 2 aromatic rings. The number of aliphatic hydroxyl groups is 1. The number of hydrogen-bond donors (Lipinski definition) is 2. The summed E-state index contributed by atoms with van der Waals surface area (Å²) >= 11 is 0. The van der Waals surface area contributed by atoms with E-state index in [1.807, 2.05) is 30.6 Å². The van der Waals surface area contributed by atoms with Crippen LogP contribution in [-0.4, -0.2) is 52.2 Å². The van der Waals surface area contributed by atoms with Crippen LogP contribution in [0.5, 0.6) is 0 Å². The van der Waals surface area contributed by atoms with Crippen molar-refractivity contribution in [2.45, 2.75) is 25.5 Å². The van der Waals surface area contributed by atoms with Crippen LogP contribution in [0.3, 0.4) is 0 Å². The molecule has 1 fully saturated rings. The molecule has 0 saturated carbocycles. The summed E-state index contributed by atoms with van der Waals surface area (Å²) in [7, 11) is 2.06. The molecule has 0 aliphatic carbocycles. The Labute approximate surface area is 125 Å². The number of fused-ring (bicyclic) bond motifs is 1. The highest BCUT2D eigenvalue weighted by Crippen LogP contribution is 2.17. The van der Waals surface area contributed by atoms with Crippen molar-refractivity contribution in [1.82, 2.24) is 19.6 Å². The minimum absolute atomic E-state index is 0.240. The van der Waals surface area contributed by atoms with Crippen molar-refractivity contribution < 1.29 is 5.11 Å². The zero-order chi connectivity index (χ0) is 14.7. The van der Waals surface area contributed by atoms with Gasteiger partial charge >= 0.3 is 0 Å². The van der Waals surface area contributed by atoms with Gasteiger partial charge in [-0.15, -0.1) is 0 Å². The molecular formula is C16H24N4O. The van der Waals surface area contributed by atoms with Crippen molar-refractivity contribution in [2.75, 3.05) is 26.7 Å². The Balaban J connectivity index is 1.59. The predicted octanol–water partition coefficient (Wildman–Crippen LogP) is 1.13. The van der Waals surface area contributed by atoms with E-state index >= 15 is 0 Å². The van der Waals surface area contributed by atoms with Gasteiger partial charge in [0.1, 0.15) is 5.65 Å². The molecule has 0 radical (unpaired) electrons. The molecule has 2 aromatic heterocycles. The average Bonchev–Trinajstić information content (AvgIpc) is 2.91. The second kappa shape index (κ2) is 6.56. The topological polar surface area (TPSA) is 52.8 Å². The summed E-state index contributed by atoms with van der Waals surface area (Å²) in [6.45, 7) is 3.56. The molecule has 0 amide bonds. The summed E-state index contributed by atoms with van der Waals surface area (Å²) in [6.07, 6.45) is 5.86. The quantitative estimate of drug-likeness (QED) is 0.866. The van der Waals surface area contributed by atoms with Crippen molar-refractivity contribution in [1.29, 1.82) is 0 Å². The minimum atomic E-state index is -0.240.